The summed E-state index contributed by atoms with van der Waals surface area (Å²) in [7, 11) is 1.99. The summed E-state index contributed by atoms with van der Waals surface area (Å²) in [6, 6.07) is 0.519. The van der Waals surface area contributed by atoms with E-state index in [2.05, 4.69) is 10.2 Å². The van der Waals surface area contributed by atoms with E-state index in [0.29, 0.717) is 6.04 Å². The third-order valence-electron chi connectivity index (χ3n) is 3.49. The van der Waals surface area contributed by atoms with Crippen LogP contribution in [0.5, 0.6) is 0 Å². The number of primary amides is 1. The molecular formula is C12H25N3O. The number of nitrogens with two attached hydrogens (primary N) is 1. The standard InChI is InChI=1S/C12H25N3O/c1-3-11(12(13)16)15(2)9-7-10-6-4-5-8-14-10/h10-11,14H,3-9H2,1-2H3,(H2,13,16). The molecule has 1 heterocycles. The van der Waals surface area contributed by atoms with Crippen LogP contribution in [0.4, 0.5) is 0 Å². The van der Waals surface area contributed by atoms with Crippen molar-refractivity contribution in [1.82, 2.24) is 10.2 Å². The van der Waals surface area contributed by atoms with E-state index in [-0.39, 0.29) is 11.9 Å². The summed E-state index contributed by atoms with van der Waals surface area (Å²) >= 11 is 0. The van der Waals surface area contributed by atoms with Crippen LogP contribution in [-0.2, 0) is 4.79 Å². The molecule has 0 aromatic rings. The van der Waals surface area contributed by atoms with Crippen LogP contribution in [0.2, 0.25) is 0 Å². The van der Waals surface area contributed by atoms with Gasteiger partial charge >= 0.3 is 0 Å². The van der Waals surface area contributed by atoms with Crippen molar-refractivity contribution in [3.63, 3.8) is 0 Å². The van der Waals surface area contributed by atoms with Crippen LogP contribution < -0.4 is 11.1 Å². The molecule has 4 nitrogen and oxygen atoms in total. The number of nitrogens with zero attached hydrogens (tertiary/aromatic N) is 1. The molecule has 1 saturated heterocycles. The van der Waals surface area contributed by atoms with Gasteiger partial charge in [0.15, 0.2) is 0 Å². The van der Waals surface area contributed by atoms with E-state index in [1.807, 2.05) is 14.0 Å². The van der Waals surface area contributed by atoms with E-state index in [1.54, 1.807) is 0 Å². The van der Waals surface area contributed by atoms with Gasteiger partial charge in [0, 0.05) is 12.6 Å². The van der Waals surface area contributed by atoms with Crippen LogP contribution in [0.1, 0.15) is 39.0 Å². The zero-order valence-corrected chi connectivity index (χ0v) is 10.5. The topological polar surface area (TPSA) is 58.4 Å². The highest BCUT2D eigenvalue weighted by Crippen LogP contribution is 2.11. The van der Waals surface area contributed by atoms with Crippen molar-refractivity contribution in [3.05, 3.63) is 0 Å². The lowest BCUT2D eigenvalue weighted by Crippen LogP contribution is -2.44. The first kappa shape index (κ1) is 13.5. The highest BCUT2D eigenvalue weighted by Gasteiger charge is 2.20. The number of likely N-dealkylation sites (N-methyl/N-ethyl adjacent to an activating group) is 1. The van der Waals surface area contributed by atoms with Gasteiger partial charge in [-0.25, -0.2) is 0 Å². The normalized spacial score (nSPS) is 23.3. The Morgan fingerprint density at radius 2 is 2.31 bits per heavy atom. The molecule has 1 fully saturated rings. The Bertz CT molecular complexity index is 214. The molecule has 3 N–H and O–H groups in total. The zero-order chi connectivity index (χ0) is 12.0. The lowest BCUT2D eigenvalue weighted by Gasteiger charge is -2.28. The molecule has 16 heavy (non-hydrogen) atoms. The molecular weight excluding hydrogens is 202 g/mol. The smallest absolute Gasteiger partial charge is 0.234 e. The molecule has 0 bridgehead atoms. The minimum Gasteiger partial charge on any atom is -0.368 e. The Morgan fingerprint density at radius 3 is 2.81 bits per heavy atom. The second kappa shape index (κ2) is 6.86. The fourth-order valence-electron chi connectivity index (χ4n) is 2.42. The largest absolute Gasteiger partial charge is 0.368 e. The van der Waals surface area contributed by atoms with Crippen LogP contribution in [-0.4, -0.2) is 43.0 Å². The SMILES string of the molecule is CCC(C(N)=O)N(C)CCC1CCCCN1. The number of hydrogen-bond acceptors (Lipinski definition) is 3. The molecule has 0 aliphatic carbocycles. The van der Waals surface area contributed by atoms with Gasteiger partial charge in [-0.15, -0.1) is 0 Å². The fraction of sp³-hybridized carbons (Fsp3) is 0.917. The number of rotatable bonds is 6. The summed E-state index contributed by atoms with van der Waals surface area (Å²) in [5, 5.41) is 3.52. The molecule has 4 heteroatoms. The van der Waals surface area contributed by atoms with Gasteiger partial charge in [0.1, 0.15) is 0 Å². The quantitative estimate of drug-likeness (QED) is 0.703. The third kappa shape index (κ3) is 4.10. The number of nitrogens with one attached hydrogen (secondary N) is 1. The van der Waals surface area contributed by atoms with Gasteiger partial charge in [-0.1, -0.05) is 13.3 Å². The van der Waals surface area contributed by atoms with Gasteiger partial charge in [0.05, 0.1) is 6.04 Å². The van der Waals surface area contributed by atoms with Crippen molar-refractivity contribution in [1.29, 1.82) is 0 Å². The Balaban J connectivity index is 2.27. The molecule has 2 atom stereocenters. The Hall–Kier alpha value is -0.610. The van der Waals surface area contributed by atoms with Gasteiger partial charge in [0.25, 0.3) is 0 Å². The summed E-state index contributed by atoms with van der Waals surface area (Å²) < 4.78 is 0. The molecule has 0 radical (unpaired) electrons. The number of carbonyl (C=O) groups is 1. The van der Waals surface area contributed by atoms with E-state index in [0.717, 1.165) is 25.9 Å². The monoisotopic (exact) mass is 227 g/mol. The maximum atomic E-state index is 11.2. The van der Waals surface area contributed by atoms with Gasteiger partial charge in [-0.2, -0.15) is 0 Å². The molecule has 1 amide bonds. The van der Waals surface area contributed by atoms with E-state index < -0.39 is 0 Å². The lowest BCUT2D eigenvalue weighted by atomic mass is 10.0. The molecule has 94 valence electrons. The van der Waals surface area contributed by atoms with E-state index in [4.69, 9.17) is 5.73 Å². The predicted molar refractivity (Wildman–Crippen MR) is 66.2 cm³/mol. The second-order valence-corrected chi connectivity index (χ2v) is 4.74. The first-order valence-corrected chi connectivity index (χ1v) is 6.38. The minimum atomic E-state index is -0.207. The van der Waals surface area contributed by atoms with Gasteiger partial charge in [-0.05, 0) is 39.3 Å². The summed E-state index contributed by atoms with van der Waals surface area (Å²) in [5.41, 5.74) is 5.36. The van der Waals surface area contributed by atoms with E-state index in [9.17, 15) is 4.79 Å². The van der Waals surface area contributed by atoms with Gasteiger partial charge in [0.2, 0.25) is 5.91 Å². The average Bonchev–Trinajstić information content (AvgIpc) is 2.28. The van der Waals surface area contributed by atoms with E-state index >= 15 is 0 Å². The Morgan fingerprint density at radius 1 is 1.56 bits per heavy atom. The van der Waals surface area contributed by atoms with Crippen LogP contribution in [0.15, 0.2) is 0 Å². The van der Waals surface area contributed by atoms with Crippen LogP contribution in [0.3, 0.4) is 0 Å². The highest BCUT2D eigenvalue weighted by molar-refractivity contribution is 5.79. The first-order valence-electron chi connectivity index (χ1n) is 6.38. The van der Waals surface area contributed by atoms with Crippen molar-refractivity contribution >= 4 is 5.91 Å². The third-order valence-corrected chi connectivity index (χ3v) is 3.49. The van der Waals surface area contributed by atoms with Crippen molar-refractivity contribution in [3.8, 4) is 0 Å². The highest BCUT2D eigenvalue weighted by atomic mass is 16.1. The summed E-state index contributed by atoms with van der Waals surface area (Å²) in [6.07, 6.45) is 5.80. The molecule has 0 aromatic heterocycles. The molecule has 1 aliphatic heterocycles. The van der Waals surface area contributed by atoms with E-state index in [1.165, 1.54) is 19.3 Å². The lowest BCUT2D eigenvalue weighted by molar-refractivity contribution is -0.122. The van der Waals surface area contributed by atoms with Crippen molar-refractivity contribution in [2.45, 2.75) is 51.1 Å². The summed E-state index contributed by atoms with van der Waals surface area (Å²) in [4.78, 5) is 13.3. The molecule has 1 rings (SSSR count). The second-order valence-electron chi connectivity index (χ2n) is 4.74. The number of carbonyl (C=O) groups excluding carboxylic acids is 1. The maximum Gasteiger partial charge on any atom is 0.234 e. The zero-order valence-electron chi connectivity index (χ0n) is 10.5. The van der Waals surface area contributed by atoms with Crippen molar-refractivity contribution in [2.24, 2.45) is 5.73 Å². The number of piperidine rings is 1. The summed E-state index contributed by atoms with van der Waals surface area (Å²) in [6.45, 7) is 4.09. The summed E-state index contributed by atoms with van der Waals surface area (Å²) in [5.74, 6) is -0.207. The predicted octanol–water partition coefficient (Wildman–Crippen LogP) is 0.714. The first-order chi connectivity index (χ1) is 7.65. The Labute approximate surface area is 98.6 Å². The van der Waals surface area contributed by atoms with Crippen LogP contribution in [0, 0.1) is 0 Å². The minimum absolute atomic E-state index is 0.108. The van der Waals surface area contributed by atoms with Gasteiger partial charge < -0.3 is 11.1 Å². The molecule has 0 spiro atoms. The Kier molecular flexibility index (Phi) is 5.77. The molecule has 0 aromatic carbocycles. The van der Waals surface area contributed by atoms with Crippen molar-refractivity contribution in [2.75, 3.05) is 20.1 Å². The average molecular weight is 227 g/mol. The fourth-order valence-corrected chi connectivity index (χ4v) is 2.42. The molecule has 1 aliphatic rings. The van der Waals surface area contributed by atoms with Gasteiger partial charge in [-0.3, -0.25) is 9.69 Å². The molecule has 2 unspecified atom stereocenters. The number of hydrogen-bond donors (Lipinski definition) is 2. The van der Waals surface area contributed by atoms with Crippen LogP contribution in [0.25, 0.3) is 0 Å². The van der Waals surface area contributed by atoms with Crippen LogP contribution >= 0.6 is 0 Å². The molecule has 0 saturated carbocycles. The number of amides is 1. The maximum absolute atomic E-state index is 11.2. The van der Waals surface area contributed by atoms with Crippen molar-refractivity contribution < 1.29 is 4.79 Å².